The number of methoxy groups -OCH3 is 1. The largest absolute Gasteiger partial charge is 0.380 e. The number of anilines is 3. The number of aromatic nitrogens is 1. The van der Waals surface area contributed by atoms with Crippen molar-refractivity contribution in [1.82, 2.24) is 4.98 Å². The zero-order chi connectivity index (χ0) is 14.5. The molecule has 0 unspecified atom stereocenters. The fourth-order valence-corrected chi connectivity index (χ4v) is 1.78. The van der Waals surface area contributed by atoms with Crippen LogP contribution in [0.3, 0.4) is 0 Å². The molecule has 0 aliphatic heterocycles. The summed E-state index contributed by atoms with van der Waals surface area (Å²) in [7, 11) is 3.10. The Hall–Kier alpha value is -2.21. The van der Waals surface area contributed by atoms with Crippen molar-refractivity contribution in [3.8, 4) is 0 Å². The summed E-state index contributed by atoms with van der Waals surface area (Å²) in [6, 6.07) is 8.08. The summed E-state index contributed by atoms with van der Waals surface area (Å²) in [6.45, 7) is 0.380. The van der Waals surface area contributed by atoms with Gasteiger partial charge in [-0.05, 0) is 6.07 Å². The third-order valence-corrected chi connectivity index (χ3v) is 2.74. The lowest BCUT2D eigenvalue weighted by molar-refractivity contribution is 0.185. The number of halogens is 2. The molecule has 0 bridgehead atoms. The minimum Gasteiger partial charge on any atom is -0.380 e. The molecule has 2 aromatic rings. The molecule has 6 heteroatoms. The number of pyridine rings is 1. The highest BCUT2D eigenvalue weighted by atomic mass is 19.1. The van der Waals surface area contributed by atoms with Crippen LogP contribution in [0.5, 0.6) is 0 Å². The van der Waals surface area contributed by atoms with Crippen molar-refractivity contribution in [2.75, 3.05) is 24.8 Å². The second-order valence-corrected chi connectivity index (χ2v) is 4.11. The van der Waals surface area contributed by atoms with E-state index in [1.54, 1.807) is 13.2 Å². The Kier molecular flexibility index (Phi) is 4.47. The van der Waals surface area contributed by atoms with Crippen LogP contribution in [-0.2, 0) is 11.3 Å². The average molecular weight is 279 g/mol. The second-order valence-electron chi connectivity index (χ2n) is 4.11. The van der Waals surface area contributed by atoms with Crippen LogP contribution < -0.4 is 10.6 Å². The molecule has 4 nitrogen and oxygen atoms in total. The van der Waals surface area contributed by atoms with E-state index in [4.69, 9.17) is 4.74 Å². The van der Waals surface area contributed by atoms with Crippen molar-refractivity contribution in [3.63, 3.8) is 0 Å². The van der Waals surface area contributed by atoms with Gasteiger partial charge in [0.2, 0.25) is 0 Å². The van der Waals surface area contributed by atoms with Gasteiger partial charge >= 0.3 is 0 Å². The topological polar surface area (TPSA) is 46.2 Å². The molecular weight excluding hydrogens is 264 g/mol. The summed E-state index contributed by atoms with van der Waals surface area (Å²) in [5.41, 5.74) is 1.51. The highest BCUT2D eigenvalue weighted by Gasteiger charge is 2.12. The molecule has 1 heterocycles. The van der Waals surface area contributed by atoms with Gasteiger partial charge in [-0.3, -0.25) is 0 Å². The van der Waals surface area contributed by atoms with E-state index >= 15 is 0 Å². The number of rotatable bonds is 5. The van der Waals surface area contributed by atoms with Crippen LogP contribution in [0, 0.1) is 11.6 Å². The van der Waals surface area contributed by atoms with Gasteiger partial charge in [0.15, 0.2) is 23.3 Å². The minimum atomic E-state index is -0.756. The standard InChI is InChI=1S/C14H15F2N3O/c1-17-13-10(15)7-11(16)14(19-13)18-12-6-4-3-5-9(12)8-20-2/h3-7H,8H2,1-2H3,(H2,17,18,19). The van der Waals surface area contributed by atoms with E-state index in [1.165, 1.54) is 7.05 Å². The Morgan fingerprint density at radius 1 is 1.15 bits per heavy atom. The summed E-state index contributed by atoms with van der Waals surface area (Å²) in [4.78, 5) is 3.87. The van der Waals surface area contributed by atoms with Gasteiger partial charge in [0, 0.05) is 31.5 Å². The highest BCUT2D eigenvalue weighted by Crippen LogP contribution is 2.24. The van der Waals surface area contributed by atoms with E-state index in [0.717, 1.165) is 11.6 Å². The van der Waals surface area contributed by atoms with Crippen LogP contribution in [0.2, 0.25) is 0 Å². The smallest absolute Gasteiger partial charge is 0.169 e. The first-order chi connectivity index (χ1) is 9.65. The Labute approximate surface area is 115 Å². The van der Waals surface area contributed by atoms with E-state index in [1.807, 2.05) is 18.2 Å². The number of benzene rings is 1. The zero-order valence-electron chi connectivity index (χ0n) is 11.2. The van der Waals surface area contributed by atoms with Gasteiger partial charge < -0.3 is 15.4 Å². The maximum absolute atomic E-state index is 13.7. The quantitative estimate of drug-likeness (QED) is 0.881. The van der Waals surface area contributed by atoms with Gasteiger partial charge in [-0.1, -0.05) is 18.2 Å². The first-order valence-corrected chi connectivity index (χ1v) is 6.03. The van der Waals surface area contributed by atoms with Gasteiger partial charge in [-0.25, -0.2) is 13.8 Å². The summed E-state index contributed by atoms with van der Waals surface area (Å²) in [6.07, 6.45) is 0. The van der Waals surface area contributed by atoms with E-state index < -0.39 is 11.6 Å². The second kappa shape index (κ2) is 6.29. The van der Waals surface area contributed by atoms with Crippen LogP contribution in [0.4, 0.5) is 26.1 Å². The molecule has 0 aliphatic rings. The molecule has 0 atom stereocenters. The summed E-state index contributed by atoms with van der Waals surface area (Å²) >= 11 is 0. The molecule has 2 rings (SSSR count). The number of hydrogen-bond acceptors (Lipinski definition) is 4. The molecule has 20 heavy (non-hydrogen) atoms. The molecule has 0 radical (unpaired) electrons. The number of hydrogen-bond donors (Lipinski definition) is 2. The average Bonchev–Trinajstić information content (AvgIpc) is 2.44. The van der Waals surface area contributed by atoms with E-state index in [9.17, 15) is 8.78 Å². The van der Waals surface area contributed by atoms with E-state index in [0.29, 0.717) is 12.3 Å². The fourth-order valence-electron chi connectivity index (χ4n) is 1.78. The van der Waals surface area contributed by atoms with Crippen LogP contribution in [-0.4, -0.2) is 19.1 Å². The van der Waals surface area contributed by atoms with Crippen LogP contribution >= 0.6 is 0 Å². The maximum atomic E-state index is 13.7. The summed E-state index contributed by atoms with van der Waals surface area (Å²) < 4.78 is 32.2. The van der Waals surface area contributed by atoms with Crippen molar-refractivity contribution < 1.29 is 13.5 Å². The molecule has 0 spiro atoms. The number of para-hydroxylation sites is 1. The third kappa shape index (κ3) is 3.03. The van der Waals surface area contributed by atoms with Crippen LogP contribution in [0.15, 0.2) is 30.3 Å². The van der Waals surface area contributed by atoms with Crippen molar-refractivity contribution >= 4 is 17.3 Å². The van der Waals surface area contributed by atoms with Gasteiger partial charge in [-0.2, -0.15) is 0 Å². The molecule has 1 aromatic heterocycles. The normalized spacial score (nSPS) is 10.4. The van der Waals surface area contributed by atoms with Gasteiger partial charge in [0.05, 0.1) is 6.61 Å². The SMILES string of the molecule is CNc1nc(Nc2ccccc2COC)c(F)cc1F. The monoisotopic (exact) mass is 279 g/mol. The van der Waals surface area contributed by atoms with Gasteiger partial charge in [0.1, 0.15) is 0 Å². The maximum Gasteiger partial charge on any atom is 0.169 e. The fraction of sp³-hybridized carbons (Fsp3) is 0.214. The predicted octanol–water partition coefficient (Wildman–Crippen LogP) is 3.29. The summed E-state index contributed by atoms with van der Waals surface area (Å²) in [5.74, 6) is -1.55. The lowest BCUT2D eigenvalue weighted by Gasteiger charge is -2.12. The Morgan fingerprint density at radius 2 is 1.85 bits per heavy atom. The molecule has 1 aromatic carbocycles. The van der Waals surface area contributed by atoms with Crippen LogP contribution in [0.25, 0.3) is 0 Å². The van der Waals surface area contributed by atoms with Crippen molar-refractivity contribution in [2.24, 2.45) is 0 Å². The zero-order valence-corrected chi connectivity index (χ0v) is 11.2. The number of nitrogens with zero attached hydrogens (tertiary/aromatic N) is 1. The molecule has 2 N–H and O–H groups in total. The Balaban J connectivity index is 2.35. The molecule has 0 fully saturated rings. The lowest BCUT2D eigenvalue weighted by atomic mass is 10.2. The van der Waals surface area contributed by atoms with Gasteiger partial charge in [0.25, 0.3) is 0 Å². The van der Waals surface area contributed by atoms with Crippen LogP contribution in [0.1, 0.15) is 5.56 Å². The Bertz CT molecular complexity index is 605. The predicted molar refractivity (Wildman–Crippen MR) is 74.1 cm³/mol. The van der Waals surface area contributed by atoms with Crippen molar-refractivity contribution in [1.29, 1.82) is 0 Å². The molecule has 0 aliphatic carbocycles. The molecule has 0 saturated heterocycles. The lowest BCUT2D eigenvalue weighted by Crippen LogP contribution is -2.05. The number of nitrogens with one attached hydrogen (secondary N) is 2. The first-order valence-electron chi connectivity index (χ1n) is 6.03. The van der Waals surface area contributed by atoms with Crippen molar-refractivity contribution in [2.45, 2.75) is 6.61 Å². The Morgan fingerprint density at radius 3 is 2.55 bits per heavy atom. The first kappa shape index (κ1) is 14.2. The third-order valence-electron chi connectivity index (χ3n) is 2.74. The molecule has 0 saturated carbocycles. The van der Waals surface area contributed by atoms with E-state index in [-0.39, 0.29) is 11.6 Å². The molecule has 0 amide bonds. The number of ether oxygens (including phenoxy) is 1. The minimum absolute atomic E-state index is 0.0156. The molecular formula is C14H15F2N3O. The van der Waals surface area contributed by atoms with Gasteiger partial charge in [-0.15, -0.1) is 0 Å². The summed E-state index contributed by atoms with van der Waals surface area (Å²) in [5, 5.41) is 5.43. The van der Waals surface area contributed by atoms with E-state index in [2.05, 4.69) is 15.6 Å². The highest BCUT2D eigenvalue weighted by molar-refractivity contribution is 5.62. The van der Waals surface area contributed by atoms with Crippen molar-refractivity contribution in [3.05, 3.63) is 47.5 Å². The molecule has 106 valence electrons.